The van der Waals surface area contributed by atoms with Gasteiger partial charge in [0.05, 0.1) is 5.56 Å². The smallest absolute Gasteiger partial charge is 0.343 e. The largest absolute Gasteiger partial charge is 0.416 e. The summed E-state index contributed by atoms with van der Waals surface area (Å²) in [6.45, 7) is 2.42. The third-order valence-corrected chi connectivity index (χ3v) is 2.51. The van der Waals surface area contributed by atoms with Crippen LogP contribution in [0.3, 0.4) is 0 Å². The number of nitrogens with zero attached hydrogens (tertiary/aromatic N) is 1. The van der Waals surface area contributed by atoms with Gasteiger partial charge in [0.1, 0.15) is 0 Å². The van der Waals surface area contributed by atoms with Gasteiger partial charge >= 0.3 is 6.18 Å². The minimum absolute atomic E-state index is 0.183. The van der Waals surface area contributed by atoms with Crippen molar-refractivity contribution in [3.63, 3.8) is 0 Å². The van der Waals surface area contributed by atoms with E-state index in [4.69, 9.17) is 0 Å². The van der Waals surface area contributed by atoms with Gasteiger partial charge in [0.25, 0.3) is 0 Å². The van der Waals surface area contributed by atoms with Gasteiger partial charge in [0.2, 0.25) is 5.91 Å². The molecule has 1 aromatic carbocycles. The first-order chi connectivity index (χ1) is 8.34. The fourth-order valence-electron chi connectivity index (χ4n) is 1.23. The van der Waals surface area contributed by atoms with Gasteiger partial charge in [-0.1, -0.05) is 12.1 Å². The van der Waals surface area contributed by atoms with Crippen LogP contribution in [0.1, 0.15) is 18.1 Å². The number of amides is 1. The quantitative estimate of drug-likeness (QED) is 0.761. The first-order valence-corrected chi connectivity index (χ1v) is 5.45. The Morgan fingerprint density at radius 1 is 1.28 bits per heavy atom. The number of benzene rings is 1. The zero-order valence-electron chi connectivity index (χ0n) is 10.2. The molecule has 0 fully saturated rings. The molecule has 0 aliphatic carbocycles. The van der Waals surface area contributed by atoms with E-state index in [0.717, 1.165) is 12.1 Å². The van der Waals surface area contributed by atoms with Crippen LogP contribution in [-0.2, 0) is 11.0 Å². The van der Waals surface area contributed by atoms with E-state index in [1.54, 1.807) is 7.05 Å². The molecule has 1 amide bonds. The fraction of sp³-hybridized carbons (Fsp3) is 0.308. The highest BCUT2D eigenvalue weighted by Crippen LogP contribution is 2.29. The zero-order valence-corrected chi connectivity index (χ0v) is 10.2. The molecule has 0 atom stereocenters. The molecule has 0 aromatic heterocycles. The van der Waals surface area contributed by atoms with Crippen molar-refractivity contribution < 1.29 is 18.0 Å². The van der Waals surface area contributed by atoms with E-state index in [9.17, 15) is 18.0 Å². The Morgan fingerprint density at radius 3 is 2.28 bits per heavy atom. The molecule has 98 valence electrons. The van der Waals surface area contributed by atoms with Crippen LogP contribution in [0.4, 0.5) is 13.2 Å². The third-order valence-electron chi connectivity index (χ3n) is 2.51. The van der Waals surface area contributed by atoms with Gasteiger partial charge in [0.15, 0.2) is 0 Å². The van der Waals surface area contributed by atoms with Crippen LogP contribution in [0.2, 0.25) is 0 Å². The molecule has 5 heteroatoms. The summed E-state index contributed by atoms with van der Waals surface area (Å²) in [4.78, 5) is 12.9. The van der Waals surface area contributed by atoms with Crippen molar-refractivity contribution in [1.82, 2.24) is 4.90 Å². The molecule has 0 N–H and O–H groups in total. The summed E-state index contributed by atoms with van der Waals surface area (Å²) in [5, 5.41) is 0. The fourth-order valence-corrected chi connectivity index (χ4v) is 1.23. The predicted molar refractivity (Wildman–Crippen MR) is 63.8 cm³/mol. The molecule has 0 saturated carbocycles. The molecule has 0 heterocycles. The highest BCUT2D eigenvalue weighted by Gasteiger charge is 2.29. The molecule has 1 aromatic rings. The van der Waals surface area contributed by atoms with Gasteiger partial charge in [0, 0.05) is 19.7 Å². The summed E-state index contributed by atoms with van der Waals surface area (Å²) >= 11 is 0. The van der Waals surface area contributed by atoms with E-state index in [1.807, 2.05) is 6.92 Å². The second-order valence-electron chi connectivity index (χ2n) is 3.81. The number of alkyl halides is 3. The topological polar surface area (TPSA) is 20.3 Å². The lowest BCUT2D eigenvalue weighted by atomic mass is 10.1. The monoisotopic (exact) mass is 257 g/mol. The average Bonchev–Trinajstić information content (AvgIpc) is 2.34. The summed E-state index contributed by atoms with van der Waals surface area (Å²) < 4.78 is 36.9. The molecule has 0 saturated heterocycles. The lowest BCUT2D eigenvalue weighted by Crippen LogP contribution is -2.23. The van der Waals surface area contributed by atoms with Crippen molar-refractivity contribution in [1.29, 1.82) is 0 Å². The van der Waals surface area contributed by atoms with E-state index in [-0.39, 0.29) is 5.91 Å². The van der Waals surface area contributed by atoms with E-state index >= 15 is 0 Å². The van der Waals surface area contributed by atoms with Crippen LogP contribution in [0.25, 0.3) is 6.08 Å². The molecular formula is C13H14F3NO. The summed E-state index contributed by atoms with van der Waals surface area (Å²) in [5.74, 6) is -0.183. The van der Waals surface area contributed by atoms with Gasteiger partial charge in [-0.3, -0.25) is 4.79 Å². The Balaban J connectivity index is 2.76. The Labute approximate surface area is 104 Å². The summed E-state index contributed by atoms with van der Waals surface area (Å²) in [5.41, 5.74) is -0.141. The standard InChI is InChI=1S/C13H14F3NO/c1-3-17(2)12(18)9-6-10-4-7-11(8-5-10)13(14,15)16/h4-9H,3H2,1-2H3/b9-6+. The molecule has 0 unspecified atom stereocenters. The maximum atomic E-state index is 12.3. The van der Waals surface area contributed by atoms with Gasteiger partial charge in [-0.15, -0.1) is 0 Å². The van der Waals surface area contributed by atoms with Crippen LogP contribution >= 0.6 is 0 Å². The number of carbonyl (C=O) groups excluding carboxylic acids is 1. The number of hydrogen-bond acceptors (Lipinski definition) is 1. The molecule has 0 spiro atoms. The lowest BCUT2D eigenvalue weighted by molar-refractivity contribution is -0.137. The van der Waals surface area contributed by atoms with Crippen molar-refractivity contribution in [2.75, 3.05) is 13.6 Å². The molecule has 0 aliphatic heterocycles. The highest BCUT2D eigenvalue weighted by molar-refractivity contribution is 5.91. The molecule has 0 radical (unpaired) electrons. The molecule has 1 rings (SSSR count). The van der Waals surface area contributed by atoms with Crippen molar-refractivity contribution in [3.05, 3.63) is 41.5 Å². The van der Waals surface area contributed by atoms with Crippen molar-refractivity contribution in [3.8, 4) is 0 Å². The number of hydrogen-bond donors (Lipinski definition) is 0. The van der Waals surface area contributed by atoms with Crippen LogP contribution < -0.4 is 0 Å². The Hall–Kier alpha value is -1.78. The maximum absolute atomic E-state index is 12.3. The first-order valence-electron chi connectivity index (χ1n) is 5.45. The molecule has 2 nitrogen and oxygen atoms in total. The van der Waals surface area contributed by atoms with Crippen molar-refractivity contribution in [2.45, 2.75) is 13.1 Å². The SMILES string of the molecule is CCN(C)C(=O)/C=C/c1ccc(C(F)(F)F)cc1. The second kappa shape index (κ2) is 5.71. The molecular weight excluding hydrogens is 243 g/mol. The number of likely N-dealkylation sites (N-methyl/N-ethyl adjacent to an activating group) is 1. The zero-order chi connectivity index (χ0) is 13.8. The highest BCUT2D eigenvalue weighted by atomic mass is 19.4. The summed E-state index contributed by atoms with van der Waals surface area (Å²) in [6.07, 6.45) is -1.50. The Kier molecular flexibility index (Phi) is 4.53. The van der Waals surface area contributed by atoms with Gasteiger partial charge < -0.3 is 4.90 Å². The second-order valence-corrected chi connectivity index (χ2v) is 3.81. The van der Waals surface area contributed by atoms with Crippen LogP contribution in [0, 0.1) is 0 Å². The van der Waals surface area contributed by atoms with Crippen molar-refractivity contribution >= 4 is 12.0 Å². The first kappa shape index (κ1) is 14.3. The Morgan fingerprint density at radius 2 is 1.83 bits per heavy atom. The lowest BCUT2D eigenvalue weighted by Gasteiger charge is -2.10. The van der Waals surface area contributed by atoms with Gasteiger partial charge in [-0.2, -0.15) is 13.2 Å². The van der Waals surface area contributed by atoms with Crippen LogP contribution in [0.5, 0.6) is 0 Å². The van der Waals surface area contributed by atoms with Gasteiger partial charge in [-0.05, 0) is 30.7 Å². The van der Waals surface area contributed by atoms with Crippen LogP contribution in [-0.4, -0.2) is 24.4 Å². The summed E-state index contributed by atoms with van der Waals surface area (Å²) in [6, 6.07) is 4.65. The molecule has 18 heavy (non-hydrogen) atoms. The van der Waals surface area contributed by atoms with E-state index < -0.39 is 11.7 Å². The molecule has 0 bridgehead atoms. The molecule has 0 aliphatic rings. The Bertz CT molecular complexity index is 435. The predicted octanol–water partition coefficient (Wildman–Crippen LogP) is 3.20. The number of halogens is 3. The summed E-state index contributed by atoms with van der Waals surface area (Å²) in [7, 11) is 1.65. The maximum Gasteiger partial charge on any atom is 0.416 e. The number of rotatable bonds is 3. The van der Waals surface area contributed by atoms with E-state index in [0.29, 0.717) is 12.1 Å². The normalized spacial score (nSPS) is 11.8. The van der Waals surface area contributed by atoms with Gasteiger partial charge in [-0.25, -0.2) is 0 Å². The average molecular weight is 257 g/mol. The number of carbonyl (C=O) groups is 1. The van der Waals surface area contributed by atoms with E-state index in [1.165, 1.54) is 29.2 Å². The van der Waals surface area contributed by atoms with Crippen LogP contribution in [0.15, 0.2) is 30.3 Å². The minimum atomic E-state index is -4.33. The van der Waals surface area contributed by atoms with E-state index in [2.05, 4.69) is 0 Å². The minimum Gasteiger partial charge on any atom is -0.343 e. The third kappa shape index (κ3) is 3.91. The van der Waals surface area contributed by atoms with Crippen molar-refractivity contribution in [2.24, 2.45) is 0 Å².